The third-order valence-electron chi connectivity index (χ3n) is 5.26. The molecule has 1 amide bonds. The van der Waals surface area contributed by atoms with Crippen molar-refractivity contribution in [3.63, 3.8) is 0 Å². The van der Waals surface area contributed by atoms with E-state index in [-0.39, 0.29) is 5.91 Å². The zero-order valence-corrected chi connectivity index (χ0v) is 16.9. The summed E-state index contributed by atoms with van der Waals surface area (Å²) in [6.45, 7) is 2.67. The SMILES string of the molecule is O=C(CN1CCC(c2cccc(Nc3ccccn3)n2)CC1)NCc1ccccn1. The van der Waals surface area contributed by atoms with Gasteiger partial charge in [-0.2, -0.15) is 0 Å². The molecule has 1 fully saturated rings. The van der Waals surface area contributed by atoms with Gasteiger partial charge in [-0.1, -0.05) is 18.2 Å². The van der Waals surface area contributed by atoms with Crippen LogP contribution in [0.3, 0.4) is 0 Å². The molecule has 2 N–H and O–H groups in total. The van der Waals surface area contributed by atoms with Gasteiger partial charge in [0.25, 0.3) is 0 Å². The first-order valence-corrected chi connectivity index (χ1v) is 10.3. The number of nitrogens with one attached hydrogen (secondary N) is 2. The summed E-state index contributed by atoms with van der Waals surface area (Å²) < 4.78 is 0. The molecular weight excluding hydrogens is 376 g/mol. The molecule has 0 aromatic carbocycles. The number of carbonyl (C=O) groups excluding carboxylic acids is 1. The first kappa shape index (κ1) is 20.0. The molecule has 0 bridgehead atoms. The van der Waals surface area contributed by atoms with Crippen LogP contribution < -0.4 is 10.6 Å². The van der Waals surface area contributed by atoms with Gasteiger partial charge in [0.15, 0.2) is 0 Å². The lowest BCUT2D eigenvalue weighted by molar-refractivity contribution is -0.122. The zero-order valence-electron chi connectivity index (χ0n) is 16.9. The average molecular weight is 403 g/mol. The Labute approximate surface area is 176 Å². The maximum Gasteiger partial charge on any atom is 0.234 e. The van der Waals surface area contributed by atoms with Gasteiger partial charge in [0.2, 0.25) is 5.91 Å². The van der Waals surface area contributed by atoms with Gasteiger partial charge < -0.3 is 10.6 Å². The van der Waals surface area contributed by atoms with Gasteiger partial charge in [-0.3, -0.25) is 14.7 Å². The van der Waals surface area contributed by atoms with Crippen LogP contribution in [0.1, 0.15) is 30.1 Å². The van der Waals surface area contributed by atoms with Crippen LogP contribution in [0.25, 0.3) is 0 Å². The molecule has 30 heavy (non-hydrogen) atoms. The summed E-state index contributed by atoms with van der Waals surface area (Å²) >= 11 is 0. The van der Waals surface area contributed by atoms with E-state index in [2.05, 4.69) is 31.6 Å². The summed E-state index contributed by atoms with van der Waals surface area (Å²) in [5, 5.41) is 6.21. The number of anilines is 2. The molecule has 0 unspecified atom stereocenters. The van der Waals surface area contributed by atoms with Crippen molar-refractivity contribution in [1.82, 2.24) is 25.2 Å². The minimum atomic E-state index is 0.0405. The van der Waals surface area contributed by atoms with Crippen molar-refractivity contribution in [2.24, 2.45) is 0 Å². The minimum absolute atomic E-state index is 0.0405. The highest BCUT2D eigenvalue weighted by Crippen LogP contribution is 2.27. The van der Waals surface area contributed by atoms with E-state index in [9.17, 15) is 4.79 Å². The monoisotopic (exact) mass is 402 g/mol. The van der Waals surface area contributed by atoms with E-state index in [1.165, 1.54) is 0 Å². The van der Waals surface area contributed by atoms with Crippen LogP contribution >= 0.6 is 0 Å². The van der Waals surface area contributed by atoms with E-state index in [0.29, 0.717) is 19.0 Å². The van der Waals surface area contributed by atoms with Crippen LogP contribution in [-0.4, -0.2) is 45.4 Å². The second-order valence-corrected chi connectivity index (χ2v) is 7.44. The number of piperidine rings is 1. The number of likely N-dealkylation sites (tertiary alicyclic amines) is 1. The number of nitrogens with zero attached hydrogens (tertiary/aromatic N) is 4. The van der Waals surface area contributed by atoms with Gasteiger partial charge in [0, 0.05) is 24.0 Å². The lowest BCUT2D eigenvalue weighted by atomic mass is 9.93. The maximum absolute atomic E-state index is 12.2. The Morgan fingerprint density at radius 3 is 2.43 bits per heavy atom. The first-order chi connectivity index (χ1) is 14.8. The van der Waals surface area contributed by atoms with E-state index in [0.717, 1.165) is 49.0 Å². The molecule has 7 heteroatoms. The highest BCUT2D eigenvalue weighted by Gasteiger charge is 2.23. The van der Waals surface area contributed by atoms with E-state index < -0.39 is 0 Å². The average Bonchev–Trinajstić information content (AvgIpc) is 2.80. The van der Waals surface area contributed by atoms with Gasteiger partial charge in [0.1, 0.15) is 11.6 Å². The lowest BCUT2D eigenvalue weighted by Crippen LogP contribution is -2.41. The fraction of sp³-hybridized carbons (Fsp3) is 0.304. The number of amides is 1. The molecule has 0 atom stereocenters. The van der Waals surface area contributed by atoms with Crippen LogP contribution in [0, 0.1) is 0 Å². The number of aromatic nitrogens is 3. The van der Waals surface area contributed by atoms with E-state index >= 15 is 0 Å². The number of pyridine rings is 3. The van der Waals surface area contributed by atoms with Gasteiger partial charge in [-0.25, -0.2) is 9.97 Å². The normalized spacial score (nSPS) is 14.9. The molecule has 154 valence electrons. The van der Waals surface area contributed by atoms with Crippen molar-refractivity contribution in [3.8, 4) is 0 Å². The molecule has 3 aromatic heterocycles. The highest BCUT2D eigenvalue weighted by molar-refractivity contribution is 5.77. The lowest BCUT2D eigenvalue weighted by Gasteiger charge is -2.31. The summed E-state index contributed by atoms with van der Waals surface area (Å²) in [5.74, 6) is 2.04. The van der Waals surface area contributed by atoms with Crippen molar-refractivity contribution in [2.75, 3.05) is 25.0 Å². The van der Waals surface area contributed by atoms with Gasteiger partial charge in [-0.15, -0.1) is 0 Å². The number of rotatable bonds is 7. The second kappa shape index (κ2) is 9.93. The Bertz CT molecular complexity index is 942. The largest absolute Gasteiger partial charge is 0.349 e. The molecule has 1 aliphatic heterocycles. The van der Waals surface area contributed by atoms with Crippen molar-refractivity contribution in [1.29, 1.82) is 0 Å². The van der Waals surface area contributed by atoms with E-state index in [4.69, 9.17) is 4.98 Å². The van der Waals surface area contributed by atoms with Crippen molar-refractivity contribution in [2.45, 2.75) is 25.3 Å². The summed E-state index contributed by atoms with van der Waals surface area (Å²) in [6, 6.07) is 17.5. The number of hydrogen-bond acceptors (Lipinski definition) is 6. The Morgan fingerprint density at radius 2 is 1.70 bits per heavy atom. The third-order valence-corrected chi connectivity index (χ3v) is 5.26. The Balaban J connectivity index is 1.25. The van der Waals surface area contributed by atoms with Crippen LogP contribution in [-0.2, 0) is 11.3 Å². The Kier molecular flexibility index (Phi) is 6.61. The molecule has 0 radical (unpaired) electrons. The second-order valence-electron chi connectivity index (χ2n) is 7.44. The van der Waals surface area contributed by atoms with Crippen LogP contribution in [0.5, 0.6) is 0 Å². The molecule has 0 aliphatic carbocycles. The van der Waals surface area contributed by atoms with E-state index in [1.807, 2.05) is 48.5 Å². The fourth-order valence-corrected chi connectivity index (χ4v) is 3.65. The van der Waals surface area contributed by atoms with Gasteiger partial charge in [-0.05, 0) is 62.3 Å². The predicted molar refractivity (Wildman–Crippen MR) is 116 cm³/mol. The smallest absolute Gasteiger partial charge is 0.234 e. The van der Waals surface area contributed by atoms with Crippen LogP contribution in [0.4, 0.5) is 11.6 Å². The quantitative estimate of drug-likeness (QED) is 0.632. The highest BCUT2D eigenvalue weighted by atomic mass is 16.2. The molecular formula is C23H26N6O. The van der Waals surface area contributed by atoms with Gasteiger partial charge in [0.05, 0.1) is 18.8 Å². The van der Waals surface area contributed by atoms with Crippen LogP contribution in [0.2, 0.25) is 0 Å². The molecule has 4 rings (SSSR count). The summed E-state index contributed by atoms with van der Waals surface area (Å²) in [6.07, 6.45) is 5.48. The fourth-order valence-electron chi connectivity index (χ4n) is 3.65. The standard InChI is InChI=1S/C23H26N6O/c30-23(26-16-19-6-1-3-12-24-19)17-29-14-10-18(11-15-29)20-7-5-9-22(27-20)28-21-8-2-4-13-25-21/h1-9,12-13,18H,10-11,14-17H2,(H,26,30)(H,25,27,28). The topological polar surface area (TPSA) is 83.0 Å². The van der Waals surface area contributed by atoms with Crippen molar-refractivity contribution < 1.29 is 4.79 Å². The molecule has 4 heterocycles. The maximum atomic E-state index is 12.2. The Morgan fingerprint density at radius 1 is 0.933 bits per heavy atom. The molecule has 3 aromatic rings. The molecule has 1 saturated heterocycles. The Hall–Kier alpha value is -3.32. The summed E-state index contributed by atoms with van der Waals surface area (Å²) in [7, 11) is 0. The molecule has 0 spiro atoms. The third kappa shape index (κ3) is 5.61. The molecule has 1 aliphatic rings. The molecule has 0 saturated carbocycles. The predicted octanol–water partition coefficient (Wildman–Crippen LogP) is 3.11. The number of carbonyl (C=O) groups is 1. The molecule has 7 nitrogen and oxygen atoms in total. The van der Waals surface area contributed by atoms with E-state index in [1.54, 1.807) is 12.4 Å². The van der Waals surface area contributed by atoms with Crippen LogP contribution in [0.15, 0.2) is 67.0 Å². The van der Waals surface area contributed by atoms with Gasteiger partial charge >= 0.3 is 0 Å². The minimum Gasteiger partial charge on any atom is -0.349 e. The zero-order chi connectivity index (χ0) is 20.6. The summed E-state index contributed by atoms with van der Waals surface area (Å²) in [4.78, 5) is 27.8. The van der Waals surface area contributed by atoms with Crippen molar-refractivity contribution >= 4 is 17.5 Å². The first-order valence-electron chi connectivity index (χ1n) is 10.3. The van der Waals surface area contributed by atoms with Crippen molar-refractivity contribution in [3.05, 3.63) is 78.4 Å². The number of hydrogen-bond donors (Lipinski definition) is 2. The summed E-state index contributed by atoms with van der Waals surface area (Å²) in [5.41, 5.74) is 1.96.